The van der Waals surface area contributed by atoms with Crippen LogP contribution in [0.2, 0.25) is 0 Å². The fourth-order valence-corrected chi connectivity index (χ4v) is 5.41. The summed E-state index contributed by atoms with van der Waals surface area (Å²) in [6.45, 7) is 0.687. The molecule has 0 spiro atoms. The van der Waals surface area contributed by atoms with Crippen molar-refractivity contribution in [3.05, 3.63) is 0 Å². The Labute approximate surface area is 144 Å². The van der Waals surface area contributed by atoms with Crippen molar-refractivity contribution in [1.82, 2.24) is 0 Å². The van der Waals surface area contributed by atoms with Crippen molar-refractivity contribution in [2.24, 2.45) is 23.2 Å². The highest BCUT2D eigenvalue weighted by Crippen LogP contribution is 2.61. The molecule has 4 aliphatic carbocycles. The highest BCUT2D eigenvalue weighted by Gasteiger charge is 2.60. The Morgan fingerprint density at radius 2 is 1.84 bits per heavy atom. The van der Waals surface area contributed by atoms with Gasteiger partial charge < -0.3 is 14.2 Å². The average molecular weight is 384 g/mol. The number of halogens is 2. The van der Waals surface area contributed by atoms with E-state index in [1.54, 1.807) is 0 Å². The van der Waals surface area contributed by atoms with Crippen molar-refractivity contribution < 1.29 is 40.8 Å². The van der Waals surface area contributed by atoms with Gasteiger partial charge in [0, 0.05) is 7.11 Å². The lowest BCUT2D eigenvalue weighted by Crippen LogP contribution is -2.57. The third-order valence-electron chi connectivity index (χ3n) is 5.73. The van der Waals surface area contributed by atoms with Gasteiger partial charge in [0.25, 0.3) is 0 Å². The molecule has 144 valence electrons. The Kier molecular flexibility index (Phi) is 4.85. The van der Waals surface area contributed by atoms with E-state index in [1.807, 2.05) is 0 Å². The maximum Gasteiger partial charge on any atom is 0.465 e. The highest BCUT2D eigenvalue weighted by molar-refractivity contribution is 7.87. The fraction of sp³-hybridized carbons (Fsp3) is 0.933. The molecule has 4 saturated carbocycles. The van der Waals surface area contributed by atoms with Crippen LogP contribution < -0.4 is 0 Å². The standard InChI is InChI=1S/C15H22F2O7S/c1-22-8-23-7-14-4-9-2-10(5-14)12(11(3-9)6-14)24-13(18)15(16,17)25(19,20)21/h9-12H,2-8H2,1H3,(H,19,20,21). The molecule has 0 aromatic rings. The second-order valence-electron chi connectivity index (χ2n) is 7.59. The van der Waals surface area contributed by atoms with E-state index in [0.29, 0.717) is 25.4 Å². The lowest BCUT2D eigenvalue weighted by molar-refractivity contribution is -0.203. The predicted molar refractivity (Wildman–Crippen MR) is 80.2 cm³/mol. The van der Waals surface area contributed by atoms with E-state index in [1.165, 1.54) is 7.11 Å². The van der Waals surface area contributed by atoms with E-state index >= 15 is 0 Å². The minimum Gasteiger partial charge on any atom is -0.456 e. The number of carbonyl (C=O) groups excluding carboxylic acids is 1. The van der Waals surface area contributed by atoms with E-state index in [2.05, 4.69) is 0 Å². The Bertz CT molecular complexity index is 620. The summed E-state index contributed by atoms with van der Waals surface area (Å²) in [6, 6.07) is 0. The van der Waals surface area contributed by atoms with E-state index in [0.717, 1.165) is 19.3 Å². The van der Waals surface area contributed by atoms with Crippen LogP contribution in [0.3, 0.4) is 0 Å². The molecular formula is C15H22F2O7S. The van der Waals surface area contributed by atoms with Crippen LogP contribution in [0.1, 0.15) is 32.1 Å². The zero-order chi connectivity index (χ0) is 18.5. The van der Waals surface area contributed by atoms with Gasteiger partial charge in [-0.05, 0) is 55.3 Å². The Morgan fingerprint density at radius 3 is 2.36 bits per heavy atom. The first-order valence-electron chi connectivity index (χ1n) is 8.20. The molecule has 25 heavy (non-hydrogen) atoms. The Hall–Kier alpha value is -0.840. The second-order valence-corrected chi connectivity index (χ2v) is 9.05. The molecule has 4 bridgehead atoms. The third-order valence-corrected chi connectivity index (χ3v) is 6.54. The van der Waals surface area contributed by atoms with Crippen LogP contribution in [0.5, 0.6) is 0 Å². The van der Waals surface area contributed by atoms with Crippen LogP contribution in [0.15, 0.2) is 0 Å². The summed E-state index contributed by atoms with van der Waals surface area (Å²) in [5.74, 6) is -1.96. The molecule has 0 aromatic carbocycles. The van der Waals surface area contributed by atoms with Crippen molar-refractivity contribution >= 4 is 16.1 Å². The van der Waals surface area contributed by atoms with Crippen molar-refractivity contribution in [3.63, 3.8) is 0 Å². The lowest BCUT2D eigenvalue weighted by atomic mass is 9.49. The van der Waals surface area contributed by atoms with Gasteiger partial charge in [0.15, 0.2) is 0 Å². The molecule has 0 saturated heterocycles. The molecule has 2 atom stereocenters. The van der Waals surface area contributed by atoms with E-state index < -0.39 is 27.4 Å². The van der Waals surface area contributed by atoms with Gasteiger partial charge in [0.1, 0.15) is 12.9 Å². The number of ether oxygens (including phenoxy) is 3. The van der Waals surface area contributed by atoms with Crippen molar-refractivity contribution in [1.29, 1.82) is 0 Å². The topological polar surface area (TPSA) is 99.1 Å². The van der Waals surface area contributed by atoms with Crippen molar-refractivity contribution in [3.8, 4) is 0 Å². The van der Waals surface area contributed by atoms with Gasteiger partial charge in [-0.2, -0.15) is 17.2 Å². The Balaban J connectivity index is 1.70. The molecule has 0 radical (unpaired) electrons. The molecule has 0 aliphatic heterocycles. The first-order valence-corrected chi connectivity index (χ1v) is 9.64. The second kappa shape index (κ2) is 6.40. The first-order chi connectivity index (χ1) is 11.6. The molecule has 1 N–H and O–H groups in total. The summed E-state index contributed by atoms with van der Waals surface area (Å²) in [5.41, 5.74) is -0.0660. The van der Waals surface area contributed by atoms with Gasteiger partial charge in [-0.25, -0.2) is 4.79 Å². The summed E-state index contributed by atoms with van der Waals surface area (Å²) in [7, 11) is -4.31. The quantitative estimate of drug-likeness (QED) is 0.309. The number of methoxy groups -OCH3 is 1. The largest absolute Gasteiger partial charge is 0.465 e. The minimum absolute atomic E-state index is 0.0660. The molecule has 0 amide bonds. The smallest absolute Gasteiger partial charge is 0.456 e. The van der Waals surface area contributed by atoms with Crippen LogP contribution in [0.4, 0.5) is 8.78 Å². The molecule has 0 heterocycles. The van der Waals surface area contributed by atoms with Crippen LogP contribution >= 0.6 is 0 Å². The monoisotopic (exact) mass is 384 g/mol. The number of hydrogen-bond donors (Lipinski definition) is 1. The summed E-state index contributed by atoms with van der Waals surface area (Å²) in [5, 5.41) is -4.94. The van der Waals surface area contributed by atoms with Gasteiger partial charge in [0.05, 0.1) is 6.61 Å². The molecule has 10 heteroatoms. The number of carbonyl (C=O) groups is 1. The molecule has 7 nitrogen and oxygen atoms in total. The summed E-state index contributed by atoms with van der Waals surface area (Å²) >= 11 is 0. The van der Waals surface area contributed by atoms with Gasteiger partial charge in [-0.15, -0.1) is 0 Å². The zero-order valence-electron chi connectivity index (χ0n) is 13.8. The SMILES string of the molecule is COCOCC12CC3CC(C1)C(OC(=O)C(F)(F)S(=O)(=O)O)C(C3)C2. The van der Waals surface area contributed by atoms with Gasteiger partial charge in [-0.3, -0.25) is 4.55 Å². The highest BCUT2D eigenvalue weighted by atomic mass is 32.2. The van der Waals surface area contributed by atoms with Crippen molar-refractivity contribution in [2.75, 3.05) is 20.5 Å². The van der Waals surface area contributed by atoms with Gasteiger partial charge >= 0.3 is 21.3 Å². The fourth-order valence-electron chi connectivity index (χ4n) is 5.15. The van der Waals surface area contributed by atoms with E-state index in [-0.39, 0.29) is 24.0 Å². The van der Waals surface area contributed by atoms with E-state index in [9.17, 15) is 22.0 Å². The normalized spacial score (nSPS) is 37.3. The summed E-state index contributed by atoms with van der Waals surface area (Å²) < 4.78 is 72.2. The summed E-state index contributed by atoms with van der Waals surface area (Å²) in [4.78, 5) is 11.6. The Morgan fingerprint density at radius 1 is 1.24 bits per heavy atom. The molecule has 4 aliphatic rings. The first kappa shape index (κ1) is 18.9. The average Bonchev–Trinajstić information content (AvgIpc) is 2.49. The molecular weight excluding hydrogens is 362 g/mol. The van der Waals surface area contributed by atoms with E-state index in [4.69, 9.17) is 18.8 Å². The maximum atomic E-state index is 13.5. The van der Waals surface area contributed by atoms with Crippen molar-refractivity contribution in [2.45, 2.75) is 43.5 Å². The number of alkyl halides is 2. The molecule has 2 unspecified atom stereocenters. The minimum atomic E-state index is -5.85. The molecule has 4 fully saturated rings. The number of esters is 1. The maximum absolute atomic E-state index is 13.5. The zero-order valence-corrected chi connectivity index (χ0v) is 14.6. The number of rotatable bonds is 7. The molecule has 0 aromatic heterocycles. The van der Waals surface area contributed by atoms with Crippen LogP contribution in [0, 0.1) is 23.2 Å². The summed E-state index contributed by atoms with van der Waals surface area (Å²) in [6.07, 6.45) is 3.13. The molecule has 4 rings (SSSR count). The van der Waals surface area contributed by atoms with Gasteiger partial charge in [0.2, 0.25) is 0 Å². The van der Waals surface area contributed by atoms with Gasteiger partial charge in [-0.1, -0.05) is 0 Å². The van der Waals surface area contributed by atoms with Crippen LogP contribution in [0.25, 0.3) is 0 Å². The number of hydrogen-bond acceptors (Lipinski definition) is 6. The third kappa shape index (κ3) is 3.41. The predicted octanol–water partition coefficient (Wildman–Crippen LogP) is 1.83. The lowest BCUT2D eigenvalue weighted by Gasteiger charge is -2.59. The van der Waals surface area contributed by atoms with Crippen LogP contribution in [-0.4, -0.2) is 50.8 Å². The van der Waals surface area contributed by atoms with Crippen LogP contribution in [-0.2, 0) is 29.1 Å².